The molecule has 2 aromatic rings. The fraction of sp³-hybridized carbons (Fsp3) is 0. The van der Waals surface area contributed by atoms with Gasteiger partial charge in [0.1, 0.15) is 5.82 Å². The summed E-state index contributed by atoms with van der Waals surface area (Å²) in [6.45, 7) is 0. The number of rotatable bonds is 3. The first-order valence-corrected chi connectivity index (χ1v) is 8.20. The van der Waals surface area contributed by atoms with Crippen LogP contribution in [0.2, 0.25) is 5.02 Å². The van der Waals surface area contributed by atoms with Crippen molar-refractivity contribution < 1.29 is 19.1 Å². The number of nitrogens with zero attached hydrogens (tertiary/aromatic N) is 1. The number of aromatic carboxylic acids is 1. The molecule has 0 atom stereocenters. The van der Waals surface area contributed by atoms with Gasteiger partial charge in [-0.2, -0.15) is 0 Å². The SMILES string of the molecule is O=C1NC(=Nc2ccc(F)c(Cl)c2)S/C1=C\c1ccc(C(=O)O)cc1. The number of carbonyl (C=O) groups excluding carboxylic acids is 1. The van der Waals surface area contributed by atoms with E-state index >= 15 is 0 Å². The second kappa shape index (κ2) is 7.08. The number of halogens is 2. The molecule has 2 N–H and O–H groups in total. The normalized spacial score (nSPS) is 17.1. The summed E-state index contributed by atoms with van der Waals surface area (Å²) < 4.78 is 13.2. The Labute approximate surface area is 151 Å². The highest BCUT2D eigenvalue weighted by Crippen LogP contribution is 2.29. The van der Waals surface area contributed by atoms with E-state index in [0.29, 0.717) is 21.3 Å². The lowest BCUT2D eigenvalue weighted by Crippen LogP contribution is -2.19. The van der Waals surface area contributed by atoms with E-state index < -0.39 is 11.8 Å². The largest absolute Gasteiger partial charge is 0.478 e. The second-order valence-electron chi connectivity index (χ2n) is 5.01. The van der Waals surface area contributed by atoms with Crippen LogP contribution < -0.4 is 5.32 Å². The molecule has 8 heteroatoms. The lowest BCUT2D eigenvalue weighted by molar-refractivity contribution is -0.115. The minimum absolute atomic E-state index is 0.0505. The summed E-state index contributed by atoms with van der Waals surface area (Å²) in [7, 11) is 0. The van der Waals surface area contributed by atoms with Gasteiger partial charge < -0.3 is 10.4 Å². The van der Waals surface area contributed by atoms with Crippen LogP contribution in [-0.4, -0.2) is 22.2 Å². The smallest absolute Gasteiger partial charge is 0.335 e. The molecule has 1 heterocycles. The third-order valence-electron chi connectivity index (χ3n) is 3.24. The molecule has 0 unspecified atom stereocenters. The molecule has 126 valence electrons. The number of amidine groups is 1. The highest BCUT2D eigenvalue weighted by molar-refractivity contribution is 8.18. The Bertz CT molecular complexity index is 926. The molecule has 1 fully saturated rings. The number of carboxylic acid groups (broad SMARTS) is 1. The number of aliphatic imine (C=N–C) groups is 1. The number of thioether (sulfide) groups is 1. The van der Waals surface area contributed by atoms with Gasteiger partial charge in [-0.25, -0.2) is 14.2 Å². The van der Waals surface area contributed by atoms with E-state index in [0.717, 1.165) is 11.8 Å². The van der Waals surface area contributed by atoms with Gasteiger partial charge in [0.15, 0.2) is 5.17 Å². The van der Waals surface area contributed by atoms with Crippen molar-refractivity contribution in [3.05, 3.63) is 69.3 Å². The van der Waals surface area contributed by atoms with E-state index in [2.05, 4.69) is 10.3 Å². The Kier molecular flexibility index (Phi) is 4.87. The maximum absolute atomic E-state index is 13.2. The van der Waals surface area contributed by atoms with Gasteiger partial charge in [-0.15, -0.1) is 0 Å². The van der Waals surface area contributed by atoms with Crippen LogP contribution >= 0.6 is 23.4 Å². The van der Waals surface area contributed by atoms with Gasteiger partial charge >= 0.3 is 5.97 Å². The zero-order valence-corrected chi connectivity index (χ0v) is 14.1. The summed E-state index contributed by atoms with van der Waals surface area (Å²) in [5.41, 5.74) is 1.27. The van der Waals surface area contributed by atoms with Crippen LogP contribution in [0.15, 0.2) is 52.4 Å². The fourth-order valence-corrected chi connectivity index (χ4v) is 3.04. The van der Waals surface area contributed by atoms with Crippen LogP contribution in [0, 0.1) is 5.82 Å². The minimum Gasteiger partial charge on any atom is -0.478 e. The Balaban J connectivity index is 1.80. The highest BCUT2D eigenvalue weighted by atomic mass is 35.5. The third-order valence-corrected chi connectivity index (χ3v) is 4.44. The van der Waals surface area contributed by atoms with E-state index in [1.165, 1.54) is 30.3 Å². The minimum atomic E-state index is -1.01. The predicted octanol–water partition coefficient (Wildman–Crippen LogP) is 4.07. The summed E-state index contributed by atoms with van der Waals surface area (Å²) in [5, 5.41) is 11.8. The standard InChI is InChI=1S/C17H10ClFN2O3S/c18-12-8-11(5-6-13(12)19)20-17-21-15(22)14(25-17)7-9-1-3-10(4-2-9)16(23)24/h1-8H,(H,23,24)(H,20,21,22)/b14-7-. The van der Waals surface area contributed by atoms with Gasteiger partial charge in [-0.3, -0.25) is 4.79 Å². The van der Waals surface area contributed by atoms with Crippen molar-refractivity contribution >= 4 is 52.2 Å². The van der Waals surface area contributed by atoms with Gasteiger partial charge in [-0.05, 0) is 53.7 Å². The van der Waals surface area contributed by atoms with E-state index in [-0.39, 0.29) is 16.5 Å². The fourth-order valence-electron chi connectivity index (χ4n) is 2.03. The highest BCUT2D eigenvalue weighted by Gasteiger charge is 2.23. The van der Waals surface area contributed by atoms with Gasteiger partial charge in [-0.1, -0.05) is 23.7 Å². The monoisotopic (exact) mass is 376 g/mol. The van der Waals surface area contributed by atoms with E-state index in [4.69, 9.17) is 16.7 Å². The number of carbonyl (C=O) groups is 2. The van der Waals surface area contributed by atoms with Crippen molar-refractivity contribution in [3.8, 4) is 0 Å². The average molecular weight is 377 g/mol. The van der Waals surface area contributed by atoms with Crippen LogP contribution in [-0.2, 0) is 4.79 Å². The quantitative estimate of drug-likeness (QED) is 0.791. The summed E-state index contributed by atoms with van der Waals surface area (Å²) in [5.74, 6) is -1.88. The van der Waals surface area contributed by atoms with Crippen LogP contribution in [0.25, 0.3) is 6.08 Å². The average Bonchev–Trinajstić information content (AvgIpc) is 2.91. The zero-order chi connectivity index (χ0) is 18.0. The van der Waals surface area contributed by atoms with Crippen molar-refractivity contribution in [1.82, 2.24) is 5.32 Å². The molecule has 0 spiro atoms. The molecular formula is C17H10ClFN2O3S. The molecule has 1 aliphatic heterocycles. The summed E-state index contributed by atoms with van der Waals surface area (Å²) in [6.07, 6.45) is 1.63. The first-order chi connectivity index (χ1) is 11.9. The molecule has 1 saturated heterocycles. The lowest BCUT2D eigenvalue weighted by atomic mass is 10.1. The van der Waals surface area contributed by atoms with Gasteiger partial charge in [0.05, 0.1) is 21.2 Å². The lowest BCUT2D eigenvalue weighted by Gasteiger charge is -1.98. The Hall–Kier alpha value is -2.64. The first kappa shape index (κ1) is 17.2. The van der Waals surface area contributed by atoms with E-state index in [9.17, 15) is 14.0 Å². The molecule has 1 amide bonds. The van der Waals surface area contributed by atoms with Gasteiger partial charge in [0, 0.05) is 0 Å². The molecule has 2 aromatic carbocycles. The maximum Gasteiger partial charge on any atom is 0.335 e. The second-order valence-corrected chi connectivity index (χ2v) is 6.45. The summed E-state index contributed by atoms with van der Waals surface area (Å²) >= 11 is 6.83. The molecule has 0 aliphatic carbocycles. The Morgan fingerprint density at radius 1 is 1.24 bits per heavy atom. The molecule has 5 nitrogen and oxygen atoms in total. The maximum atomic E-state index is 13.2. The predicted molar refractivity (Wildman–Crippen MR) is 95.6 cm³/mol. The zero-order valence-electron chi connectivity index (χ0n) is 12.5. The van der Waals surface area contributed by atoms with Gasteiger partial charge in [0.25, 0.3) is 5.91 Å². The number of amides is 1. The van der Waals surface area contributed by atoms with Crippen molar-refractivity contribution in [3.63, 3.8) is 0 Å². The Morgan fingerprint density at radius 3 is 2.60 bits per heavy atom. The van der Waals surface area contributed by atoms with E-state index in [1.807, 2.05) is 0 Å². The van der Waals surface area contributed by atoms with Crippen molar-refractivity contribution in [1.29, 1.82) is 0 Å². The molecule has 0 aromatic heterocycles. The number of nitrogens with one attached hydrogen (secondary N) is 1. The molecule has 0 saturated carbocycles. The Morgan fingerprint density at radius 2 is 1.96 bits per heavy atom. The van der Waals surface area contributed by atoms with Crippen LogP contribution in [0.1, 0.15) is 15.9 Å². The summed E-state index contributed by atoms with van der Waals surface area (Å²) in [4.78, 5) is 27.5. The van der Waals surface area contributed by atoms with Crippen molar-refractivity contribution in [2.75, 3.05) is 0 Å². The van der Waals surface area contributed by atoms with Gasteiger partial charge in [0.2, 0.25) is 0 Å². The molecule has 0 bridgehead atoms. The number of hydrogen-bond donors (Lipinski definition) is 2. The number of hydrogen-bond acceptors (Lipinski definition) is 4. The number of carboxylic acids is 1. The summed E-state index contributed by atoms with van der Waals surface area (Å²) in [6, 6.07) is 10.2. The molecule has 0 radical (unpaired) electrons. The molecule has 1 aliphatic rings. The third kappa shape index (κ3) is 4.07. The molecule has 25 heavy (non-hydrogen) atoms. The first-order valence-electron chi connectivity index (χ1n) is 7.00. The van der Waals surface area contributed by atoms with Crippen LogP contribution in [0.3, 0.4) is 0 Å². The van der Waals surface area contributed by atoms with E-state index in [1.54, 1.807) is 18.2 Å². The van der Waals surface area contributed by atoms with Crippen LogP contribution in [0.5, 0.6) is 0 Å². The molecule has 3 rings (SSSR count). The van der Waals surface area contributed by atoms with Crippen LogP contribution in [0.4, 0.5) is 10.1 Å². The number of benzene rings is 2. The van der Waals surface area contributed by atoms with Crippen molar-refractivity contribution in [2.45, 2.75) is 0 Å². The van der Waals surface area contributed by atoms with Crippen molar-refractivity contribution in [2.24, 2.45) is 4.99 Å². The topological polar surface area (TPSA) is 78.8 Å². The molecular weight excluding hydrogens is 367 g/mol.